The summed E-state index contributed by atoms with van der Waals surface area (Å²) in [6.07, 6.45) is 6.30. The molecule has 6 heteroatoms. The number of rotatable bonds is 4. The monoisotopic (exact) mass is 805 g/mol. The van der Waals surface area contributed by atoms with Gasteiger partial charge >= 0.3 is 11.6 Å². The van der Waals surface area contributed by atoms with Crippen LogP contribution in [0.25, 0.3) is 70.1 Å². The van der Waals surface area contributed by atoms with Gasteiger partial charge in [0, 0.05) is 33.9 Å². The fourth-order valence-corrected chi connectivity index (χ4v) is 12.0. The molecule has 5 aromatic carbocycles. The highest BCUT2D eigenvalue weighted by Crippen LogP contribution is 2.63. The molecule has 1 aliphatic carbocycles. The quantitative estimate of drug-likeness (QED) is 0.101. The maximum atomic E-state index is 14.2. The van der Waals surface area contributed by atoms with Crippen molar-refractivity contribution in [1.82, 2.24) is 4.90 Å². The first-order valence-electron chi connectivity index (χ1n) is 21.2. The highest BCUT2D eigenvalue weighted by Gasteiger charge is 2.60. The molecule has 0 radical (unpaired) electrons. The lowest BCUT2D eigenvalue weighted by molar-refractivity contribution is -0.154. The van der Waals surface area contributed by atoms with E-state index in [2.05, 4.69) is 118 Å². The van der Waals surface area contributed by atoms with E-state index in [9.17, 15) is 9.59 Å². The van der Waals surface area contributed by atoms with E-state index >= 15 is 0 Å². The molecular weight excluding hydrogens is 759 g/mol. The van der Waals surface area contributed by atoms with Gasteiger partial charge < -0.3 is 14.1 Å². The van der Waals surface area contributed by atoms with Crippen LogP contribution in [0.5, 0.6) is 0 Å². The molecule has 2 unspecified atom stereocenters. The molecule has 0 N–H and O–H groups in total. The van der Waals surface area contributed by atoms with Crippen LogP contribution in [-0.2, 0) is 9.53 Å². The topological polar surface area (TPSA) is 59.8 Å². The van der Waals surface area contributed by atoms with E-state index < -0.39 is 0 Å². The van der Waals surface area contributed by atoms with E-state index in [0.717, 1.165) is 96.0 Å². The number of hydrogen-bond acceptors (Lipinski definition) is 6. The second-order valence-electron chi connectivity index (χ2n) is 18.7. The number of aryl methyl sites for hydroxylation is 1. The first kappa shape index (κ1) is 37.1. The molecule has 1 saturated heterocycles. The molecule has 5 heterocycles. The van der Waals surface area contributed by atoms with Crippen molar-refractivity contribution in [2.75, 3.05) is 13.1 Å². The molecule has 1 fully saturated rings. The van der Waals surface area contributed by atoms with Gasteiger partial charge in [-0.05, 0) is 134 Å². The predicted octanol–water partition coefficient (Wildman–Crippen LogP) is 13.1. The summed E-state index contributed by atoms with van der Waals surface area (Å²) in [4.78, 5) is 32.3. The minimum absolute atomic E-state index is 0.0330. The second kappa shape index (κ2) is 13.0. The smallest absolute Gasteiger partial charge is 0.345 e. The standard InChI is InChI=1S/C54H47NO4S/c1-31-46-37-15-8-7-12-32(37)18-21-43(46)58-51(57)47(31)45-23-22-44(60-45)40-20-19-36(38-16-9-10-17-39(38)40)33-13-11-14-34(28-33)41-29-35-30-42-48-54(6,49(35)59-50(41)56)53(4,5)25-27-55(48)26-24-52(42,2)3/h7-23,28-30,49H,24-27H2,1-6H3. The Morgan fingerprint density at radius 2 is 1.40 bits per heavy atom. The number of carbonyl (C=O) groups is 1. The maximum absolute atomic E-state index is 14.2. The first-order valence-corrected chi connectivity index (χ1v) is 22.0. The SMILES string of the molecule is Cc1c(-c2ccc(-c3ccc(-c4cccc(C5=CC6=CC7=C8N(CCC7(C)C)CCC(C)(C)C8(C)C6OC5=O)c4)c4ccccc34)s2)c(=O)oc2ccc3ccccc3c12. The number of fused-ring (bicyclic) bond motifs is 6. The van der Waals surface area contributed by atoms with Crippen molar-refractivity contribution in [3.63, 3.8) is 0 Å². The van der Waals surface area contributed by atoms with E-state index in [1.807, 2.05) is 49.4 Å². The number of allylic oxidation sites excluding steroid dienone is 2. The Hall–Kier alpha value is -5.98. The third-order valence-corrected chi connectivity index (χ3v) is 15.8. The van der Waals surface area contributed by atoms with Crippen LogP contribution in [0.1, 0.15) is 58.6 Å². The zero-order valence-electron chi connectivity index (χ0n) is 34.9. The molecule has 5 nitrogen and oxygen atoms in total. The molecular formula is C54H47NO4S. The minimum atomic E-state index is -0.337. The largest absolute Gasteiger partial charge is 0.453 e. The minimum Gasteiger partial charge on any atom is -0.453 e. The van der Waals surface area contributed by atoms with Crippen molar-refractivity contribution in [3.8, 4) is 32.0 Å². The summed E-state index contributed by atoms with van der Waals surface area (Å²) < 4.78 is 12.5. The van der Waals surface area contributed by atoms with E-state index in [-0.39, 0.29) is 33.9 Å². The Balaban J connectivity index is 0.979. The molecule has 4 aliphatic rings. The molecule has 2 atom stereocenters. The Morgan fingerprint density at radius 3 is 2.22 bits per heavy atom. The van der Waals surface area contributed by atoms with Crippen LogP contribution in [0.15, 0.2) is 147 Å². The summed E-state index contributed by atoms with van der Waals surface area (Å²) >= 11 is 1.61. The average molecular weight is 806 g/mol. The third kappa shape index (κ3) is 5.29. The van der Waals surface area contributed by atoms with Crippen molar-refractivity contribution >= 4 is 55.4 Å². The normalized spacial score (nSPS) is 21.7. The van der Waals surface area contributed by atoms with Crippen molar-refractivity contribution in [2.24, 2.45) is 16.2 Å². The Labute approximate surface area is 354 Å². The molecule has 298 valence electrons. The molecule has 0 amide bonds. The van der Waals surface area contributed by atoms with Gasteiger partial charge in [0.1, 0.15) is 11.7 Å². The summed E-state index contributed by atoms with van der Waals surface area (Å²) in [5, 5.41) is 5.39. The molecule has 7 aromatic rings. The number of ether oxygens (including phenoxy) is 1. The van der Waals surface area contributed by atoms with Gasteiger partial charge in [-0.15, -0.1) is 11.3 Å². The molecule has 11 rings (SSSR count). The van der Waals surface area contributed by atoms with Gasteiger partial charge in [0.2, 0.25) is 0 Å². The van der Waals surface area contributed by atoms with E-state index in [0.29, 0.717) is 16.7 Å². The zero-order valence-corrected chi connectivity index (χ0v) is 35.8. The summed E-state index contributed by atoms with van der Waals surface area (Å²) in [6.45, 7) is 15.9. The van der Waals surface area contributed by atoms with Gasteiger partial charge in [0.25, 0.3) is 0 Å². The number of nitrogens with zero attached hydrogens (tertiary/aromatic N) is 1. The van der Waals surface area contributed by atoms with E-state index in [1.54, 1.807) is 11.3 Å². The summed E-state index contributed by atoms with van der Waals surface area (Å²) in [7, 11) is 0. The average Bonchev–Trinajstić information content (AvgIpc) is 3.72. The number of piperidine rings is 1. The Bertz CT molecular complexity index is 3170. The number of thiophene rings is 1. The number of hydrogen-bond donors (Lipinski definition) is 0. The second-order valence-corrected chi connectivity index (χ2v) is 19.8. The van der Waals surface area contributed by atoms with Crippen LogP contribution >= 0.6 is 11.3 Å². The van der Waals surface area contributed by atoms with Crippen LogP contribution in [0, 0.1) is 23.2 Å². The molecule has 0 bridgehead atoms. The van der Waals surface area contributed by atoms with Crippen molar-refractivity contribution < 1.29 is 13.9 Å². The van der Waals surface area contributed by atoms with Gasteiger partial charge in [-0.1, -0.05) is 113 Å². The first-order chi connectivity index (χ1) is 28.8. The van der Waals surface area contributed by atoms with E-state index in [4.69, 9.17) is 9.15 Å². The number of carbonyl (C=O) groups excluding carboxylic acids is 1. The van der Waals surface area contributed by atoms with E-state index in [1.165, 1.54) is 11.3 Å². The fraction of sp³-hybridized carbons (Fsp3) is 0.259. The van der Waals surface area contributed by atoms with Crippen molar-refractivity contribution in [3.05, 3.63) is 160 Å². The van der Waals surface area contributed by atoms with Gasteiger partial charge in [-0.2, -0.15) is 0 Å². The molecule has 3 aliphatic heterocycles. The lowest BCUT2D eigenvalue weighted by Gasteiger charge is -2.62. The number of esters is 1. The summed E-state index contributed by atoms with van der Waals surface area (Å²) in [5.41, 5.74) is 9.99. The van der Waals surface area contributed by atoms with Gasteiger partial charge in [0.05, 0.1) is 16.6 Å². The van der Waals surface area contributed by atoms with Gasteiger partial charge in [-0.25, -0.2) is 9.59 Å². The van der Waals surface area contributed by atoms with Crippen LogP contribution in [0.2, 0.25) is 0 Å². The lowest BCUT2D eigenvalue weighted by Crippen LogP contribution is -2.61. The van der Waals surface area contributed by atoms with Crippen LogP contribution < -0.4 is 5.63 Å². The van der Waals surface area contributed by atoms with Crippen LogP contribution in [0.4, 0.5) is 0 Å². The van der Waals surface area contributed by atoms with Crippen LogP contribution in [-0.4, -0.2) is 30.1 Å². The third-order valence-electron chi connectivity index (χ3n) is 14.7. The van der Waals surface area contributed by atoms with Gasteiger partial charge in [0.15, 0.2) is 0 Å². The zero-order chi connectivity index (χ0) is 41.3. The number of benzene rings is 5. The van der Waals surface area contributed by atoms with Crippen molar-refractivity contribution in [1.29, 1.82) is 0 Å². The lowest BCUT2D eigenvalue weighted by atomic mass is 9.51. The van der Waals surface area contributed by atoms with Gasteiger partial charge in [-0.3, -0.25) is 0 Å². The molecule has 0 saturated carbocycles. The van der Waals surface area contributed by atoms with Crippen molar-refractivity contribution in [2.45, 2.75) is 60.5 Å². The fourth-order valence-electron chi connectivity index (χ4n) is 10.9. The molecule has 60 heavy (non-hydrogen) atoms. The molecule has 0 spiro atoms. The summed E-state index contributed by atoms with van der Waals surface area (Å²) in [6, 6.07) is 37.5. The highest BCUT2D eigenvalue weighted by molar-refractivity contribution is 7.19. The van der Waals surface area contributed by atoms with Crippen LogP contribution in [0.3, 0.4) is 0 Å². The maximum Gasteiger partial charge on any atom is 0.345 e. The summed E-state index contributed by atoms with van der Waals surface area (Å²) in [5.74, 6) is -0.264. The molecule has 2 aromatic heterocycles. The predicted molar refractivity (Wildman–Crippen MR) is 246 cm³/mol. The highest BCUT2D eigenvalue weighted by atomic mass is 32.1. The Kier molecular flexibility index (Phi) is 8.03. The Morgan fingerprint density at radius 1 is 0.700 bits per heavy atom.